The molecule has 0 aliphatic carbocycles. The lowest BCUT2D eigenvalue weighted by Crippen LogP contribution is -2.43. The molecule has 0 saturated carbocycles. The second-order valence-electron chi connectivity index (χ2n) is 8.16. The summed E-state index contributed by atoms with van der Waals surface area (Å²) in [6.45, 7) is 4.86. The molecule has 33 heavy (non-hydrogen) atoms. The number of carbonyl (C=O) groups is 1. The molecule has 1 aliphatic heterocycles. The highest BCUT2D eigenvalue weighted by Gasteiger charge is 2.33. The summed E-state index contributed by atoms with van der Waals surface area (Å²) in [5.41, 5.74) is 2.64. The highest BCUT2D eigenvalue weighted by molar-refractivity contribution is 7.89. The van der Waals surface area contributed by atoms with Crippen LogP contribution < -0.4 is 4.90 Å². The third-order valence-corrected chi connectivity index (χ3v) is 8.14. The number of benzene rings is 2. The van der Waals surface area contributed by atoms with Gasteiger partial charge in [-0.05, 0) is 44.5 Å². The molecule has 2 heterocycles. The molecule has 0 atom stereocenters. The standard InChI is InChI=1S/C24H29N5O3S/c1-19-23(20(2)26(3)25-19)33(31,32)28-16-10-15-27(17-18-28)24(30)29(21-11-6-4-7-12-21)22-13-8-5-9-14-22/h4-9,11-14H,10,15-18H2,1-3H3. The molecule has 4 rings (SSSR count). The van der Waals surface area contributed by atoms with E-state index in [1.165, 1.54) is 4.31 Å². The molecular weight excluding hydrogens is 438 g/mol. The summed E-state index contributed by atoms with van der Waals surface area (Å²) >= 11 is 0. The summed E-state index contributed by atoms with van der Waals surface area (Å²) in [4.78, 5) is 17.3. The smallest absolute Gasteiger partial charge is 0.323 e. The number of hydrogen-bond donors (Lipinski definition) is 0. The van der Waals surface area contributed by atoms with Crippen molar-refractivity contribution in [3.8, 4) is 0 Å². The van der Waals surface area contributed by atoms with Gasteiger partial charge in [0.15, 0.2) is 0 Å². The van der Waals surface area contributed by atoms with Gasteiger partial charge in [0.25, 0.3) is 0 Å². The number of nitrogens with zero attached hydrogens (tertiary/aromatic N) is 5. The molecule has 9 heteroatoms. The Morgan fingerprint density at radius 3 is 1.97 bits per heavy atom. The van der Waals surface area contributed by atoms with E-state index in [1.807, 2.05) is 60.7 Å². The maximum atomic E-state index is 13.7. The van der Waals surface area contributed by atoms with Crippen molar-refractivity contribution in [2.24, 2.45) is 7.05 Å². The van der Waals surface area contributed by atoms with Gasteiger partial charge in [-0.15, -0.1) is 0 Å². The van der Waals surface area contributed by atoms with E-state index in [-0.39, 0.29) is 17.5 Å². The third-order valence-electron chi connectivity index (χ3n) is 5.99. The van der Waals surface area contributed by atoms with Crippen molar-refractivity contribution in [1.29, 1.82) is 0 Å². The van der Waals surface area contributed by atoms with Crippen LogP contribution in [-0.2, 0) is 17.1 Å². The van der Waals surface area contributed by atoms with Gasteiger partial charge < -0.3 is 4.90 Å². The lowest BCUT2D eigenvalue weighted by molar-refractivity contribution is 0.210. The Labute approximate surface area is 195 Å². The van der Waals surface area contributed by atoms with Gasteiger partial charge in [0.05, 0.1) is 22.8 Å². The van der Waals surface area contributed by atoms with Crippen molar-refractivity contribution in [1.82, 2.24) is 19.0 Å². The van der Waals surface area contributed by atoms with E-state index in [0.717, 1.165) is 11.4 Å². The molecule has 0 radical (unpaired) electrons. The minimum Gasteiger partial charge on any atom is -0.323 e. The fraction of sp³-hybridized carbons (Fsp3) is 0.333. The maximum absolute atomic E-state index is 13.7. The van der Waals surface area contributed by atoms with Crippen LogP contribution in [0.4, 0.5) is 16.2 Å². The Hall–Kier alpha value is -3.17. The molecule has 1 saturated heterocycles. The number of carbonyl (C=O) groups excluding carboxylic acids is 1. The second kappa shape index (κ2) is 9.36. The van der Waals surface area contributed by atoms with E-state index in [0.29, 0.717) is 37.4 Å². The summed E-state index contributed by atoms with van der Waals surface area (Å²) in [5, 5.41) is 4.27. The van der Waals surface area contributed by atoms with Crippen LogP contribution in [0.15, 0.2) is 65.6 Å². The predicted octanol–water partition coefficient (Wildman–Crippen LogP) is 3.69. The van der Waals surface area contributed by atoms with Crippen molar-refractivity contribution in [3.63, 3.8) is 0 Å². The summed E-state index contributed by atoms with van der Waals surface area (Å²) < 4.78 is 29.9. The van der Waals surface area contributed by atoms with Gasteiger partial charge in [-0.1, -0.05) is 36.4 Å². The fourth-order valence-electron chi connectivity index (χ4n) is 4.25. The number of amides is 2. The molecule has 0 spiro atoms. The number of hydrogen-bond acceptors (Lipinski definition) is 4. The zero-order valence-corrected chi connectivity index (χ0v) is 20.0. The number of sulfonamides is 1. The summed E-state index contributed by atoms with van der Waals surface area (Å²) in [7, 11) is -1.96. The molecule has 2 amide bonds. The average molecular weight is 468 g/mol. The quantitative estimate of drug-likeness (QED) is 0.586. The predicted molar refractivity (Wildman–Crippen MR) is 128 cm³/mol. The van der Waals surface area contributed by atoms with Crippen LogP contribution in [0, 0.1) is 13.8 Å². The monoisotopic (exact) mass is 467 g/mol. The molecule has 0 bridgehead atoms. The Morgan fingerprint density at radius 1 is 0.879 bits per heavy atom. The first kappa shape index (κ1) is 23.0. The minimum absolute atomic E-state index is 0.166. The topological polar surface area (TPSA) is 78.8 Å². The van der Waals surface area contributed by atoms with Crippen LogP contribution in [0.5, 0.6) is 0 Å². The zero-order valence-electron chi connectivity index (χ0n) is 19.2. The number of aromatic nitrogens is 2. The number of aryl methyl sites for hydroxylation is 2. The van der Waals surface area contributed by atoms with Crippen LogP contribution in [-0.4, -0.2) is 59.6 Å². The molecule has 1 aliphatic rings. The highest BCUT2D eigenvalue weighted by atomic mass is 32.2. The van der Waals surface area contributed by atoms with Gasteiger partial charge in [0.1, 0.15) is 4.90 Å². The van der Waals surface area contributed by atoms with Crippen LogP contribution in [0.2, 0.25) is 0 Å². The normalized spacial score (nSPS) is 15.3. The van der Waals surface area contributed by atoms with E-state index in [2.05, 4.69) is 5.10 Å². The van der Waals surface area contributed by atoms with Crippen molar-refractivity contribution in [2.75, 3.05) is 31.1 Å². The molecule has 174 valence electrons. The fourth-order valence-corrected chi connectivity index (χ4v) is 6.12. The van der Waals surface area contributed by atoms with Gasteiger partial charge in [-0.2, -0.15) is 9.40 Å². The lowest BCUT2D eigenvalue weighted by atomic mass is 10.2. The van der Waals surface area contributed by atoms with E-state index < -0.39 is 10.0 Å². The van der Waals surface area contributed by atoms with Crippen LogP contribution in [0.3, 0.4) is 0 Å². The summed E-state index contributed by atoms with van der Waals surface area (Å²) in [6, 6.07) is 18.8. The Bertz CT molecular complexity index is 1190. The summed E-state index contributed by atoms with van der Waals surface area (Å²) in [5.74, 6) is 0. The minimum atomic E-state index is -3.70. The largest absolute Gasteiger partial charge is 0.329 e. The molecular formula is C24H29N5O3S. The van der Waals surface area contributed by atoms with Crippen LogP contribution in [0.1, 0.15) is 17.8 Å². The Kier molecular flexibility index (Phi) is 6.53. The second-order valence-corrected chi connectivity index (χ2v) is 10.0. The van der Waals surface area contributed by atoms with Gasteiger partial charge in [-0.25, -0.2) is 13.2 Å². The SMILES string of the molecule is Cc1nn(C)c(C)c1S(=O)(=O)N1CCCN(C(=O)N(c2ccccc2)c2ccccc2)CC1. The molecule has 0 N–H and O–H groups in total. The van der Waals surface area contributed by atoms with E-state index in [1.54, 1.807) is 35.4 Å². The van der Waals surface area contributed by atoms with Crippen molar-refractivity contribution < 1.29 is 13.2 Å². The van der Waals surface area contributed by atoms with Crippen molar-refractivity contribution in [3.05, 3.63) is 72.1 Å². The molecule has 1 fully saturated rings. The van der Waals surface area contributed by atoms with Crippen molar-refractivity contribution >= 4 is 27.4 Å². The molecule has 3 aromatic rings. The molecule has 8 nitrogen and oxygen atoms in total. The molecule has 0 unspecified atom stereocenters. The number of rotatable bonds is 4. The highest BCUT2D eigenvalue weighted by Crippen LogP contribution is 2.28. The van der Waals surface area contributed by atoms with Gasteiger partial charge in [0, 0.05) is 33.2 Å². The first-order valence-electron chi connectivity index (χ1n) is 11.0. The molecule has 2 aromatic carbocycles. The van der Waals surface area contributed by atoms with Gasteiger partial charge >= 0.3 is 6.03 Å². The van der Waals surface area contributed by atoms with E-state index in [4.69, 9.17) is 0 Å². The van der Waals surface area contributed by atoms with Gasteiger partial charge in [0.2, 0.25) is 10.0 Å². The van der Waals surface area contributed by atoms with E-state index in [9.17, 15) is 13.2 Å². The number of urea groups is 1. The van der Waals surface area contributed by atoms with Crippen molar-refractivity contribution in [2.45, 2.75) is 25.2 Å². The lowest BCUT2D eigenvalue weighted by Gasteiger charge is -2.30. The number of para-hydroxylation sites is 2. The van der Waals surface area contributed by atoms with E-state index >= 15 is 0 Å². The average Bonchev–Trinajstić information content (AvgIpc) is 2.98. The Morgan fingerprint density at radius 2 is 1.45 bits per heavy atom. The Balaban J connectivity index is 1.58. The maximum Gasteiger partial charge on any atom is 0.329 e. The van der Waals surface area contributed by atoms with Crippen LogP contribution >= 0.6 is 0 Å². The first-order valence-corrected chi connectivity index (χ1v) is 12.4. The van der Waals surface area contributed by atoms with Gasteiger partial charge in [-0.3, -0.25) is 9.58 Å². The summed E-state index contributed by atoms with van der Waals surface area (Å²) in [6.07, 6.45) is 0.556. The zero-order chi connectivity index (χ0) is 23.6. The first-order chi connectivity index (χ1) is 15.8. The number of anilines is 2. The van der Waals surface area contributed by atoms with Crippen LogP contribution in [0.25, 0.3) is 0 Å². The molecule has 1 aromatic heterocycles. The third kappa shape index (κ3) is 4.51.